The van der Waals surface area contributed by atoms with E-state index in [9.17, 15) is 14.8 Å². The van der Waals surface area contributed by atoms with E-state index < -0.39 is 11.3 Å². The Labute approximate surface area is 110 Å². The van der Waals surface area contributed by atoms with Crippen LogP contribution in [0.25, 0.3) is 0 Å². The largest absolute Gasteiger partial charge is 0.622 e. The predicted octanol–water partition coefficient (Wildman–Crippen LogP) is 1.50. The zero-order valence-corrected chi connectivity index (χ0v) is 10.3. The van der Waals surface area contributed by atoms with Gasteiger partial charge in [-0.2, -0.15) is 4.74 Å². The van der Waals surface area contributed by atoms with E-state index in [0.29, 0.717) is 10.3 Å². The Morgan fingerprint density at radius 2 is 1.84 bits per heavy atom. The summed E-state index contributed by atoms with van der Waals surface area (Å²) in [6, 6.07) is 8.79. The molecule has 94 valence electrons. The van der Waals surface area contributed by atoms with Crippen molar-refractivity contribution in [3.63, 3.8) is 0 Å². The molecule has 1 heterocycles. The molecule has 1 aliphatic carbocycles. The lowest BCUT2D eigenvalue weighted by molar-refractivity contribution is -0.528. The van der Waals surface area contributed by atoms with Crippen LogP contribution in [0.3, 0.4) is 0 Å². The van der Waals surface area contributed by atoms with Gasteiger partial charge >= 0.3 is 0 Å². The van der Waals surface area contributed by atoms with Crippen LogP contribution < -0.4 is 0 Å². The highest BCUT2D eigenvalue weighted by Crippen LogP contribution is 2.35. The summed E-state index contributed by atoms with van der Waals surface area (Å²) < 4.78 is 0.544. The monoisotopic (exact) mass is 253 g/mol. The minimum absolute atomic E-state index is 0.0566. The number of carbonyl (C=O) groups is 2. The minimum Gasteiger partial charge on any atom is -0.622 e. The van der Waals surface area contributed by atoms with Crippen LogP contribution in [-0.2, 0) is 15.1 Å². The van der Waals surface area contributed by atoms with Crippen molar-refractivity contribution >= 4 is 17.3 Å². The minimum atomic E-state index is -1.36. The number of hydroxylamine groups is 1. The molecule has 0 N–H and O–H groups in total. The quantitative estimate of drug-likeness (QED) is 0.433. The lowest BCUT2D eigenvalue weighted by atomic mass is 9.86. The van der Waals surface area contributed by atoms with E-state index >= 15 is 0 Å². The topological polar surface area (TPSA) is 60.2 Å². The van der Waals surface area contributed by atoms with Crippen LogP contribution in [0, 0.1) is 5.21 Å². The molecule has 4 nitrogen and oxygen atoms in total. The number of hydrogen-bond donors (Lipinski definition) is 0. The Kier molecular flexibility index (Phi) is 2.29. The second kappa shape index (κ2) is 3.75. The van der Waals surface area contributed by atoms with Gasteiger partial charge in [-0.15, -0.1) is 0 Å². The standard InChI is InChI=1S/C15H11NO3/c1-15(10-6-3-2-4-7-10)14(18)11-8-5-9-12(17)13(11)16(15)19/h2-9H,1H3. The summed E-state index contributed by atoms with van der Waals surface area (Å²) in [6.45, 7) is 1.55. The van der Waals surface area contributed by atoms with Crippen molar-refractivity contribution in [1.29, 1.82) is 0 Å². The molecule has 0 saturated heterocycles. The molecular weight excluding hydrogens is 242 g/mol. The third-order valence-corrected chi connectivity index (χ3v) is 3.63. The number of nitrogens with zero attached hydrogens (tertiary/aromatic N) is 1. The van der Waals surface area contributed by atoms with Crippen molar-refractivity contribution in [3.8, 4) is 0 Å². The summed E-state index contributed by atoms with van der Waals surface area (Å²) in [5, 5.41) is 12.4. The maximum Gasteiger partial charge on any atom is 0.271 e. The fourth-order valence-electron chi connectivity index (χ4n) is 2.50. The van der Waals surface area contributed by atoms with E-state index in [1.165, 1.54) is 18.2 Å². The number of fused-ring (bicyclic) bond motifs is 1. The number of carbonyl (C=O) groups excluding carboxylic acids is 2. The van der Waals surface area contributed by atoms with Gasteiger partial charge in [0, 0.05) is 12.5 Å². The maximum atomic E-state index is 12.5. The van der Waals surface area contributed by atoms with Crippen molar-refractivity contribution in [2.75, 3.05) is 0 Å². The summed E-state index contributed by atoms with van der Waals surface area (Å²) >= 11 is 0. The van der Waals surface area contributed by atoms with Gasteiger partial charge < -0.3 is 5.21 Å². The summed E-state index contributed by atoms with van der Waals surface area (Å²) in [5.74, 6) is -0.748. The van der Waals surface area contributed by atoms with Crippen molar-refractivity contribution in [1.82, 2.24) is 0 Å². The molecule has 0 aromatic heterocycles. The highest BCUT2D eigenvalue weighted by atomic mass is 16.5. The average molecular weight is 253 g/mol. The van der Waals surface area contributed by atoms with Gasteiger partial charge in [0.25, 0.3) is 17.0 Å². The number of Topliss-reactive ketones (excluding diaryl/α,β-unsaturated/α-hetero) is 1. The smallest absolute Gasteiger partial charge is 0.271 e. The fraction of sp³-hybridized carbons (Fsp3) is 0.133. The van der Waals surface area contributed by atoms with Crippen LogP contribution in [-0.4, -0.2) is 22.0 Å². The molecule has 0 saturated carbocycles. The second-order valence-corrected chi connectivity index (χ2v) is 4.71. The van der Waals surface area contributed by atoms with E-state index in [1.54, 1.807) is 31.2 Å². The predicted molar refractivity (Wildman–Crippen MR) is 69.7 cm³/mol. The first-order valence-electron chi connectivity index (χ1n) is 5.94. The van der Waals surface area contributed by atoms with Crippen LogP contribution >= 0.6 is 0 Å². The summed E-state index contributed by atoms with van der Waals surface area (Å²) in [6.07, 6.45) is 4.33. The fourth-order valence-corrected chi connectivity index (χ4v) is 2.50. The number of benzene rings is 1. The van der Waals surface area contributed by atoms with Gasteiger partial charge in [0.15, 0.2) is 0 Å². The molecule has 19 heavy (non-hydrogen) atoms. The summed E-state index contributed by atoms with van der Waals surface area (Å²) in [5.41, 5.74) is -0.622. The molecule has 1 atom stereocenters. The molecule has 1 unspecified atom stereocenters. The van der Waals surface area contributed by atoms with Gasteiger partial charge in [-0.1, -0.05) is 36.4 Å². The maximum absolute atomic E-state index is 12.5. The van der Waals surface area contributed by atoms with Crippen LogP contribution in [0.2, 0.25) is 0 Å². The van der Waals surface area contributed by atoms with Gasteiger partial charge in [-0.3, -0.25) is 9.59 Å². The zero-order valence-electron chi connectivity index (χ0n) is 10.3. The van der Waals surface area contributed by atoms with E-state index in [0.717, 1.165) is 0 Å². The molecule has 0 spiro atoms. The van der Waals surface area contributed by atoms with Crippen LogP contribution in [0.4, 0.5) is 0 Å². The Balaban J connectivity index is 2.26. The van der Waals surface area contributed by atoms with Crippen LogP contribution in [0.5, 0.6) is 0 Å². The van der Waals surface area contributed by atoms with Crippen molar-refractivity contribution in [2.45, 2.75) is 12.5 Å². The first-order chi connectivity index (χ1) is 9.06. The molecule has 3 rings (SSSR count). The lowest BCUT2D eigenvalue weighted by Gasteiger charge is -2.21. The second-order valence-electron chi connectivity index (χ2n) is 4.71. The Hall–Kier alpha value is -2.49. The third kappa shape index (κ3) is 1.37. The summed E-state index contributed by atoms with van der Waals surface area (Å²) in [7, 11) is 0. The van der Waals surface area contributed by atoms with Gasteiger partial charge in [0.1, 0.15) is 5.57 Å². The Morgan fingerprint density at radius 1 is 1.16 bits per heavy atom. The molecule has 0 fully saturated rings. The number of hydrogen-bond acceptors (Lipinski definition) is 3. The molecule has 1 aromatic rings. The van der Waals surface area contributed by atoms with E-state index in [-0.39, 0.29) is 17.1 Å². The lowest BCUT2D eigenvalue weighted by Crippen LogP contribution is -2.37. The molecule has 1 aromatic carbocycles. The molecule has 0 radical (unpaired) electrons. The molecule has 2 aliphatic rings. The molecule has 4 heteroatoms. The van der Waals surface area contributed by atoms with Crippen molar-refractivity contribution < 1.29 is 14.3 Å². The Morgan fingerprint density at radius 3 is 2.47 bits per heavy atom. The molecule has 0 amide bonds. The first-order valence-corrected chi connectivity index (χ1v) is 5.94. The third-order valence-electron chi connectivity index (χ3n) is 3.63. The van der Waals surface area contributed by atoms with E-state index in [1.807, 2.05) is 6.07 Å². The van der Waals surface area contributed by atoms with Gasteiger partial charge in [0.2, 0.25) is 5.78 Å². The van der Waals surface area contributed by atoms with Gasteiger partial charge in [-0.05, 0) is 12.2 Å². The van der Waals surface area contributed by atoms with Gasteiger partial charge in [0.05, 0.1) is 0 Å². The van der Waals surface area contributed by atoms with Crippen LogP contribution in [0.1, 0.15) is 12.5 Å². The zero-order chi connectivity index (χ0) is 13.6. The Bertz CT molecular complexity index is 683. The van der Waals surface area contributed by atoms with E-state index in [2.05, 4.69) is 0 Å². The van der Waals surface area contributed by atoms with E-state index in [4.69, 9.17) is 0 Å². The van der Waals surface area contributed by atoms with Crippen molar-refractivity contribution in [2.24, 2.45) is 0 Å². The molecule has 1 aliphatic heterocycles. The number of allylic oxidation sites excluding steroid dienone is 3. The molecular formula is C15H11NO3. The summed E-state index contributed by atoms with van der Waals surface area (Å²) in [4.78, 5) is 24.3. The SMILES string of the molecule is CC1(c2ccccc2)C(=O)C2=CC=CC(=O)C2=[N+]1[O-]. The highest BCUT2D eigenvalue weighted by Gasteiger charge is 2.56. The highest BCUT2D eigenvalue weighted by molar-refractivity contribution is 6.55. The van der Waals surface area contributed by atoms with Crippen molar-refractivity contribution in [3.05, 3.63) is 64.9 Å². The normalized spacial score (nSPS) is 25.6. The average Bonchev–Trinajstić information content (AvgIpc) is 2.64. The first kappa shape index (κ1) is 11.6. The molecule has 0 bridgehead atoms. The number of ketones is 2. The van der Waals surface area contributed by atoms with Crippen LogP contribution in [0.15, 0.2) is 54.1 Å². The number of rotatable bonds is 1. The van der Waals surface area contributed by atoms with Gasteiger partial charge in [-0.25, -0.2) is 0 Å².